The number of hydrogen-bond donors (Lipinski definition) is 3. The number of nitrogens with zero attached hydrogens (tertiary/aromatic N) is 4. The zero-order valence-corrected chi connectivity index (χ0v) is 10.5. The van der Waals surface area contributed by atoms with Gasteiger partial charge in [-0.25, -0.2) is 5.84 Å². The smallest absolute Gasteiger partial charge is 0.287 e. The maximum absolute atomic E-state index is 11.2. The number of aliphatic hydroxyl groups is 1. The number of carbonyl (C=O) groups is 1. The number of aliphatic hydroxyl groups excluding tert-OH is 1. The Morgan fingerprint density at radius 3 is 2.94 bits per heavy atom. The average Bonchev–Trinajstić information content (AvgIpc) is 2.84. The standard InChI is InChI=1S/C10H20N6O2/c1-2-3-15(6-7-17)4-5-16-8-9(13-14-16)10(18)12-11/h8,17H,2-7,11H2,1H3,(H,12,18). The summed E-state index contributed by atoms with van der Waals surface area (Å²) in [5, 5.41) is 16.5. The van der Waals surface area contributed by atoms with Crippen molar-refractivity contribution in [3.05, 3.63) is 11.9 Å². The summed E-state index contributed by atoms with van der Waals surface area (Å²) in [4.78, 5) is 13.3. The lowest BCUT2D eigenvalue weighted by Gasteiger charge is -2.19. The van der Waals surface area contributed by atoms with Gasteiger partial charge in [0.25, 0.3) is 5.91 Å². The number of rotatable bonds is 8. The summed E-state index contributed by atoms with van der Waals surface area (Å²) < 4.78 is 1.59. The summed E-state index contributed by atoms with van der Waals surface area (Å²) in [5.74, 6) is 4.55. The lowest BCUT2D eigenvalue weighted by molar-refractivity contribution is 0.0948. The van der Waals surface area contributed by atoms with E-state index in [0.717, 1.165) is 19.5 Å². The van der Waals surface area contributed by atoms with Crippen molar-refractivity contribution in [1.29, 1.82) is 0 Å². The lowest BCUT2D eigenvalue weighted by atomic mass is 10.4. The van der Waals surface area contributed by atoms with Crippen LogP contribution >= 0.6 is 0 Å². The number of hydrazine groups is 1. The number of hydrogen-bond acceptors (Lipinski definition) is 6. The fourth-order valence-electron chi connectivity index (χ4n) is 1.62. The first-order valence-corrected chi connectivity index (χ1v) is 5.95. The molecule has 102 valence electrons. The molecule has 0 radical (unpaired) electrons. The number of nitrogens with two attached hydrogens (primary N) is 1. The molecular formula is C10H20N6O2. The van der Waals surface area contributed by atoms with E-state index < -0.39 is 5.91 Å². The highest BCUT2D eigenvalue weighted by atomic mass is 16.3. The van der Waals surface area contributed by atoms with Crippen LogP contribution in [0.25, 0.3) is 0 Å². The van der Waals surface area contributed by atoms with Crippen LogP contribution < -0.4 is 11.3 Å². The monoisotopic (exact) mass is 256 g/mol. The third kappa shape index (κ3) is 4.40. The quantitative estimate of drug-likeness (QED) is 0.299. The largest absolute Gasteiger partial charge is 0.395 e. The first-order chi connectivity index (χ1) is 8.71. The van der Waals surface area contributed by atoms with Crippen molar-refractivity contribution in [3.63, 3.8) is 0 Å². The Hall–Kier alpha value is -1.51. The number of carbonyl (C=O) groups excluding carboxylic acids is 1. The number of amides is 1. The third-order valence-electron chi connectivity index (χ3n) is 2.50. The summed E-state index contributed by atoms with van der Waals surface area (Å²) in [6.45, 7) is 5.15. The summed E-state index contributed by atoms with van der Waals surface area (Å²) >= 11 is 0. The zero-order valence-electron chi connectivity index (χ0n) is 10.5. The lowest BCUT2D eigenvalue weighted by Crippen LogP contribution is -2.31. The second-order valence-corrected chi connectivity index (χ2v) is 3.91. The van der Waals surface area contributed by atoms with Gasteiger partial charge in [0.2, 0.25) is 0 Å². The van der Waals surface area contributed by atoms with Crippen molar-refractivity contribution in [3.8, 4) is 0 Å². The van der Waals surface area contributed by atoms with Crippen molar-refractivity contribution in [2.45, 2.75) is 19.9 Å². The molecule has 1 rings (SSSR count). The van der Waals surface area contributed by atoms with Gasteiger partial charge in [-0.1, -0.05) is 12.1 Å². The van der Waals surface area contributed by atoms with Crippen LogP contribution in [-0.4, -0.2) is 57.1 Å². The molecule has 8 nitrogen and oxygen atoms in total. The number of aromatic nitrogens is 3. The van der Waals surface area contributed by atoms with E-state index in [1.54, 1.807) is 10.9 Å². The Kier molecular flexibility index (Phi) is 6.26. The Balaban J connectivity index is 2.46. The Morgan fingerprint density at radius 1 is 1.56 bits per heavy atom. The van der Waals surface area contributed by atoms with Crippen molar-refractivity contribution in [1.82, 2.24) is 25.3 Å². The van der Waals surface area contributed by atoms with Crippen molar-refractivity contribution in [2.24, 2.45) is 5.84 Å². The molecule has 1 aromatic heterocycles. The van der Waals surface area contributed by atoms with Crippen LogP contribution in [-0.2, 0) is 6.54 Å². The van der Waals surface area contributed by atoms with Gasteiger partial charge in [0.1, 0.15) is 0 Å². The zero-order chi connectivity index (χ0) is 13.4. The van der Waals surface area contributed by atoms with Gasteiger partial charge in [-0.05, 0) is 13.0 Å². The molecule has 8 heteroatoms. The Bertz CT molecular complexity index is 361. The topological polar surface area (TPSA) is 109 Å². The summed E-state index contributed by atoms with van der Waals surface area (Å²) in [7, 11) is 0. The van der Waals surface area contributed by atoms with Gasteiger partial charge < -0.3 is 5.11 Å². The molecule has 0 bridgehead atoms. The SMILES string of the molecule is CCCN(CCO)CCn1cc(C(=O)NN)nn1. The van der Waals surface area contributed by atoms with Gasteiger partial charge in [-0.3, -0.25) is 19.8 Å². The van der Waals surface area contributed by atoms with Crippen molar-refractivity contribution < 1.29 is 9.90 Å². The van der Waals surface area contributed by atoms with Crippen LogP contribution in [0.3, 0.4) is 0 Å². The average molecular weight is 256 g/mol. The maximum atomic E-state index is 11.2. The van der Waals surface area contributed by atoms with E-state index in [2.05, 4.69) is 22.1 Å². The highest BCUT2D eigenvalue weighted by Crippen LogP contribution is 1.96. The molecule has 0 aliphatic heterocycles. The predicted octanol–water partition coefficient (Wildman–Crippen LogP) is -1.41. The Labute approximate surface area is 106 Å². The van der Waals surface area contributed by atoms with E-state index in [1.807, 2.05) is 5.43 Å². The van der Waals surface area contributed by atoms with E-state index in [4.69, 9.17) is 10.9 Å². The first kappa shape index (κ1) is 14.6. The number of nitrogens with one attached hydrogen (secondary N) is 1. The van der Waals surface area contributed by atoms with Crippen LogP contribution in [0.1, 0.15) is 23.8 Å². The molecule has 4 N–H and O–H groups in total. The summed E-state index contributed by atoms with van der Waals surface area (Å²) in [6, 6.07) is 0. The second-order valence-electron chi connectivity index (χ2n) is 3.91. The minimum absolute atomic E-state index is 0.137. The molecule has 0 aliphatic carbocycles. The molecule has 0 aromatic carbocycles. The van der Waals surface area contributed by atoms with Gasteiger partial charge in [0.15, 0.2) is 5.69 Å². The van der Waals surface area contributed by atoms with Crippen LogP contribution in [0.4, 0.5) is 0 Å². The molecule has 0 unspecified atom stereocenters. The van der Waals surface area contributed by atoms with Crippen LogP contribution in [0, 0.1) is 0 Å². The van der Waals surface area contributed by atoms with E-state index in [1.165, 1.54) is 0 Å². The van der Waals surface area contributed by atoms with Crippen molar-refractivity contribution in [2.75, 3.05) is 26.2 Å². The summed E-state index contributed by atoms with van der Waals surface area (Å²) in [6.07, 6.45) is 2.57. The van der Waals surface area contributed by atoms with Crippen LogP contribution in [0.2, 0.25) is 0 Å². The van der Waals surface area contributed by atoms with Gasteiger partial charge in [0, 0.05) is 13.1 Å². The van der Waals surface area contributed by atoms with Gasteiger partial charge in [-0.15, -0.1) is 5.10 Å². The first-order valence-electron chi connectivity index (χ1n) is 5.95. The molecule has 0 saturated heterocycles. The fourth-order valence-corrected chi connectivity index (χ4v) is 1.62. The van der Waals surface area contributed by atoms with Crippen molar-refractivity contribution >= 4 is 5.91 Å². The molecule has 1 aromatic rings. The van der Waals surface area contributed by atoms with Crippen LogP contribution in [0.5, 0.6) is 0 Å². The number of nitrogen functional groups attached to an aromatic ring is 1. The molecule has 0 saturated carbocycles. The fraction of sp³-hybridized carbons (Fsp3) is 0.700. The maximum Gasteiger partial charge on any atom is 0.287 e. The second kappa shape index (κ2) is 7.75. The van der Waals surface area contributed by atoms with E-state index >= 15 is 0 Å². The molecule has 0 atom stereocenters. The minimum atomic E-state index is -0.456. The Morgan fingerprint density at radius 2 is 2.33 bits per heavy atom. The highest BCUT2D eigenvalue weighted by molar-refractivity contribution is 5.91. The van der Waals surface area contributed by atoms with E-state index in [-0.39, 0.29) is 12.3 Å². The van der Waals surface area contributed by atoms with E-state index in [0.29, 0.717) is 13.1 Å². The van der Waals surface area contributed by atoms with Crippen LogP contribution in [0.15, 0.2) is 6.20 Å². The molecule has 1 heterocycles. The molecule has 0 spiro atoms. The van der Waals surface area contributed by atoms with E-state index in [9.17, 15) is 4.79 Å². The molecule has 0 fully saturated rings. The minimum Gasteiger partial charge on any atom is -0.395 e. The molecule has 18 heavy (non-hydrogen) atoms. The summed E-state index contributed by atoms with van der Waals surface area (Å²) in [5.41, 5.74) is 2.20. The third-order valence-corrected chi connectivity index (χ3v) is 2.50. The molecular weight excluding hydrogens is 236 g/mol. The van der Waals surface area contributed by atoms with Gasteiger partial charge in [0.05, 0.1) is 19.3 Å². The normalized spacial score (nSPS) is 10.9. The highest BCUT2D eigenvalue weighted by Gasteiger charge is 2.09. The molecule has 0 aliphatic rings. The van der Waals surface area contributed by atoms with Gasteiger partial charge >= 0.3 is 0 Å². The molecule has 1 amide bonds. The van der Waals surface area contributed by atoms with Gasteiger partial charge in [-0.2, -0.15) is 0 Å². The predicted molar refractivity (Wildman–Crippen MR) is 65.5 cm³/mol.